The van der Waals surface area contributed by atoms with E-state index in [0.29, 0.717) is 24.6 Å². The van der Waals surface area contributed by atoms with Crippen LogP contribution in [0.4, 0.5) is 0 Å². The molecule has 502 valence electrons. The van der Waals surface area contributed by atoms with Crippen LogP contribution in [0.5, 0.6) is 11.5 Å². The molecule has 2 N–H and O–H groups in total. The van der Waals surface area contributed by atoms with Gasteiger partial charge in [0.05, 0.1) is 0 Å². The minimum atomic E-state index is -2.81. The summed E-state index contributed by atoms with van der Waals surface area (Å²) in [5.74, 6) is 1.61. The van der Waals surface area contributed by atoms with Crippen LogP contribution in [-0.4, -0.2) is 34.4 Å². The molecule has 6 nitrogen and oxygen atoms in total. The molecule has 8 heteroatoms. The highest BCUT2D eigenvalue weighted by atomic mass is 31.2. The van der Waals surface area contributed by atoms with E-state index in [1.807, 2.05) is 0 Å². The van der Waals surface area contributed by atoms with Gasteiger partial charge < -0.3 is 9.78 Å². The van der Waals surface area contributed by atoms with Gasteiger partial charge in [-0.1, -0.05) is 326 Å². The molecule has 0 radical (unpaired) electrons. The molecule has 86 heavy (non-hydrogen) atoms. The van der Waals surface area contributed by atoms with E-state index in [4.69, 9.17) is 19.1 Å². The summed E-state index contributed by atoms with van der Waals surface area (Å²) in [4.78, 5) is 38.0. The Hall–Kier alpha value is -1.26. The fraction of sp³-hybridized carbons (Fsp3) is 0.846. The molecule has 2 rings (SSSR count). The monoisotopic (exact) mass is 1240 g/mol. The van der Waals surface area contributed by atoms with Gasteiger partial charge in [0.2, 0.25) is 0 Å². The maximum Gasteiger partial charge on any atom is 0.326 e. The van der Waals surface area contributed by atoms with E-state index in [0.717, 1.165) is 86.8 Å². The summed E-state index contributed by atoms with van der Waals surface area (Å²) in [6.07, 6.45) is 61.3. The summed E-state index contributed by atoms with van der Waals surface area (Å²) in [7, 11) is -5.61. The third kappa shape index (κ3) is 37.3. The van der Waals surface area contributed by atoms with Crippen molar-refractivity contribution < 1.29 is 28.9 Å². The van der Waals surface area contributed by atoms with Crippen molar-refractivity contribution in [1.29, 1.82) is 0 Å². The van der Waals surface area contributed by atoms with Crippen molar-refractivity contribution in [2.24, 2.45) is 0 Å². The zero-order chi connectivity index (χ0) is 63.2. The van der Waals surface area contributed by atoms with Gasteiger partial charge in [-0.25, -0.2) is 9.79 Å². The minimum absolute atomic E-state index is 0.144. The first-order chi connectivity index (χ1) is 41.4. The van der Waals surface area contributed by atoms with Crippen molar-refractivity contribution in [1.82, 2.24) is 0 Å². The van der Waals surface area contributed by atoms with Gasteiger partial charge in [-0.15, -0.1) is 0 Å². The van der Waals surface area contributed by atoms with E-state index in [1.165, 1.54) is 253 Å². The van der Waals surface area contributed by atoms with E-state index in [1.54, 1.807) is 0 Å². The summed E-state index contributed by atoms with van der Waals surface area (Å²) in [6.45, 7) is 29.6. The van der Waals surface area contributed by atoms with Crippen molar-refractivity contribution in [2.75, 3.05) is 24.6 Å². The first kappa shape index (κ1) is 80.8. The largest absolute Gasteiger partial charge is 0.326 e. The Morgan fingerprint density at radius 2 is 0.523 bits per heavy atom. The fourth-order valence-corrected chi connectivity index (χ4v) is 17.0. The summed E-state index contributed by atoms with van der Waals surface area (Å²) in [6, 6.07) is 9.21. The first-order valence-corrected chi connectivity index (χ1v) is 41.7. The zero-order valence-electron chi connectivity index (χ0n) is 59.7. The van der Waals surface area contributed by atoms with Crippen molar-refractivity contribution in [2.45, 2.75) is 402 Å². The molecule has 0 saturated heterocycles. The molecule has 2 aromatic carbocycles. The first-order valence-electron chi connectivity index (χ1n) is 37.6. The fourth-order valence-electron chi connectivity index (χ4n) is 12.9. The standard InChI is InChI=1S/C78H146O6P2/c1-14-19-23-27-31-35-39-43-47-51-55-60-85(79,61-56-52-48-44-40-36-32-28-24-20-15-2)83-81-75-64-68(6)71(66-73(75)77(8,9)10)70(59-18-5)72-67-74(78(11,12)13)76(65-69(72)7)82-84-86(80,62-57-53-49-45-41-37-33-29-25-21-16-3)63-58-54-50-46-42-38-34-30-26-22-17-4/h64-67,70,79-80H,14-63H2,1-13H3/q+2. The molecule has 0 heterocycles. The Kier molecular flexibility index (Phi) is 46.4. The second-order valence-corrected chi connectivity index (χ2v) is 34.8. The maximum atomic E-state index is 12.5. The topological polar surface area (TPSA) is 77.4 Å². The average Bonchev–Trinajstić information content (AvgIpc) is 0.921. The highest BCUT2D eigenvalue weighted by Crippen LogP contribution is 2.59. The normalized spacial score (nSPS) is 12.6. The van der Waals surface area contributed by atoms with Crippen molar-refractivity contribution in [3.05, 3.63) is 57.6 Å². The second kappa shape index (κ2) is 49.4. The molecule has 0 aliphatic heterocycles. The van der Waals surface area contributed by atoms with Crippen molar-refractivity contribution >= 4 is 15.4 Å². The quantitative estimate of drug-likeness (QED) is 0.0297. The second-order valence-electron chi connectivity index (χ2n) is 29.3. The Labute approximate surface area is 537 Å². The Bertz CT molecular complexity index is 1730. The van der Waals surface area contributed by atoms with Gasteiger partial charge in [0.1, 0.15) is 24.6 Å². The molecule has 0 aromatic heterocycles. The lowest BCUT2D eigenvalue weighted by Gasteiger charge is -2.30. The summed E-state index contributed by atoms with van der Waals surface area (Å²) in [5.41, 5.74) is 6.71. The van der Waals surface area contributed by atoms with Crippen LogP contribution in [0.1, 0.15) is 411 Å². The van der Waals surface area contributed by atoms with Crippen LogP contribution >= 0.6 is 15.4 Å². The predicted octanol–water partition coefficient (Wildman–Crippen LogP) is 27.4. The van der Waals surface area contributed by atoms with E-state index >= 15 is 0 Å². The van der Waals surface area contributed by atoms with Crippen molar-refractivity contribution in [3.63, 3.8) is 0 Å². The number of aryl methyl sites for hydroxylation is 2. The lowest BCUT2D eigenvalue weighted by molar-refractivity contribution is -0.106. The van der Waals surface area contributed by atoms with Gasteiger partial charge in [0.25, 0.3) is 0 Å². The van der Waals surface area contributed by atoms with Gasteiger partial charge in [-0.05, 0) is 126 Å². The van der Waals surface area contributed by atoms with Crippen LogP contribution in [0, 0.1) is 13.8 Å². The minimum Gasteiger partial charge on any atom is -0.300 e. The molecule has 0 aliphatic rings. The number of hydrogen-bond acceptors (Lipinski definition) is 6. The number of hydrogen-bond donors (Lipinski definition) is 2. The van der Waals surface area contributed by atoms with Gasteiger partial charge in [0, 0.05) is 17.0 Å². The Balaban J connectivity index is 2.36. The lowest BCUT2D eigenvalue weighted by Crippen LogP contribution is -2.19. The number of rotatable bonds is 58. The van der Waals surface area contributed by atoms with Crippen LogP contribution in [0.25, 0.3) is 0 Å². The molecule has 0 atom stereocenters. The molecule has 0 unspecified atom stereocenters. The summed E-state index contributed by atoms with van der Waals surface area (Å²) >= 11 is 0. The van der Waals surface area contributed by atoms with E-state index in [9.17, 15) is 9.79 Å². The summed E-state index contributed by atoms with van der Waals surface area (Å²) in [5, 5.41) is 0. The van der Waals surface area contributed by atoms with Gasteiger partial charge in [-0.2, -0.15) is 0 Å². The van der Waals surface area contributed by atoms with E-state index in [2.05, 4.69) is 114 Å². The van der Waals surface area contributed by atoms with Crippen LogP contribution in [0.3, 0.4) is 0 Å². The highest BCUT2D eigenvalue weighted by molar-refractivity contribution is 7.65. The van der Waals surface area contributed by atoms with Gasteiger partial charge in [0.15, 0.2) is 11.5 Å². The van der Waals surface area contributed by atoms with Crippen LogP contribution in [0.15, 0.2) is 24.3 Å². The number of benzene rings is 2. The van der Waals surface area contributed by atoms with Gasteiger partial charge >= 0.3 is 15.4 Å². The smallest absolute Gasteiger partial charge is 0.300 e. The predicted molar refractivity (Wildman–Crippen MR) is 384 cm³/mol. The molecule has 2 aromatic rings. The molecular formula is C78H146O6P2+2. The molecule has 0 bridgehead atoms. The third-order valence-electron chi connectivity index (χ3n) is 18.7. The summed E-state index contributed by atoms with van der Waals surface area (Å²) < 4.78 is 13.0. The molecule has 0 aliphatic carbocycles. The van der Waals surface area contributed by atoms with E-state index < -0.39 is 15.4 Å². The van der Waals surface area contributed by atoms with Crippen LogP contribution in [-0.2, 0) is 20.2 Å². The third-order valence-corrected chi connectivity index (χ3v) is 23.4. The Morgan fingerprint density at radius 1 is 0.314 bits per heavy atom. The highest BCUT2D eigenvalue weighted by Gasteiger charge is 2.42. The van der Waals surface area contributed by atoms with Crippen molar-refractivity contribution in [3.8, 4) is 11.5 Å². The Morgan fingerprint density at radius 3 is 0.721 bits per heavy atom. The van der Waals surface area contributed by atoms with E-state index in [-0.39, 0.29) is 16.7 Å². The SMILES string of the molecule is CCCCCCCCCCCCC[P+](O)(CCCCCCCCCCCCC)OOc1cc(C)c(C(CCC)c2cc(C(C)(C)C)c(OO[P+](O)(CCCCCCCCCCCCC)CCCCCCCCCCCCC)cc2C)cc1C(C)(C)C. The molecular weight excluding hydrogens is 1090 g/mol. The molecule has 0 saturated carbocycles. The molecule has 0 spiro atoms. The number of unbranched alkanes of at least 4 members (excludes halogenated alkanes) is 40. The van der Waals surface area contributed by atoms with Crippen LogP contribution < -0.4 is 9.78 Å². The average molecular weight is 1240 g/mol. The van der Waals surface area contributed by atoms with Crippen LogP contribution in [0.2, 0.25) is 0 Å². The maximum absolute atomic E-state index is 12.5. The van der Waals surface area contributed by atoms with Gasteiger partial charge in [-0.3, -0.25) is 0 Å². The lowest BCUT2D eigenvalue weighted by atomic mass is 9.76. The molecule has 0 fully saturated rings. The zero-order valence-corrected chi connectivity index (χ0v) is 61.5. The molecule has 0 amide bonds.